The van der Waals surface area contributed by atoms with Crippen LogP contribution in [0.25, 0.3) is 22.3 Å². The number of hydrogen-bond acceptors (Lipinski definition) is 2. The smallest absolute Gasteiger partial charge is 0.138 e. The lowest BCUT2D eigenvalue weighted by molar-refractivity contribution is 1.29. The van der Waals surface area contributed by atoms with Crippen molar-refractivity contribution in [2.45, 2.75) is 0 Å². The van der Waals surface area contributed by atoms with Crippen LogP contribution in [-0.2, 0) is 0 Å². The van der Waals surface area contributed by atoms with Crippen LogP contribution in [0.15, 0.2) is 48.5 Å². The highest BCUT2D eigenvalue weighted by molar-refractivity contribution is 5.80. The molecule has 17 heavy (non-hydrogen) atoms. The Morgan fingerprint density at radius 2 is 1.88 bits per heavy atom. The Balaban J connectivity index is 2.17. The minimum Gasteiger partial charge on any atom is -0.331 e. The van der Waals surface area contributed by atoms with Crippen LogP contribution in [0.1, 0.15) is 5.69 Å². The minimum atomic E-state index is 0.540. The van der Waals surface area contributed by atoms with E-state index in [9.17, 15) is 0 Å². The molecule has 3 heteroatoms. The molecule has 0 aliphatic heterocycles. The predicted molar refractivity (Wildman–Crippen MR) is 66.2 cm³/mol. The van der Waals surface area contributed by atoms with Crippen molar-refractivity contribution in [3.05, 3.63) is 54.2 Å². The number of nitriles is 1. The maximum absolute atomic E-state index is 8.82. The van der Waals surface area contributed by atoms with Crippen molar-refractivity contribution >= 4 is 11.0 Å². The van der Waals surface area contributed by atoms with Crippen molar-refractivity contribution in [1.29, 1.82) is 5.26 Å². The zero-order valence-electron chi connectivity index (χ0n) is 9.01. The van der Waals surface area contributed by atoms with E-state index in [-0.39, 0.29) is 0 Å². The molecule has 1 aromatic carbocycles. The quantitative estimate of drug-likeness (QED) is 0.683. The molecular formula is C14H9N3. The number of benzene rings is 1. The zero-order valence-corrected chi connectivity index (χ0v) is 9.01. The molecule has 0 saturated heterocycles. The van der Waals surface area contributed by atoms with Crippen LogP contribution in [-0.4, -0.2) is 9.97 Å². The zero-order chi connectivity index (χ0) is 11.7. The first-order valence-electron chi connectivity index (χ1n) is 5.32. The van der Waals surface area contributed by atoms with Crippen LogP contribution in [0.3, 0.4) is 0 Å². The van der Waals surface area contributed by atoms with E-state index in [0.29, 0.717) is 5.69 Å². The van der Waals surface area contributed by atoms with Gasteiger partial charge < -0.3 is 4.98 Å². The maximum Gasteiger partial charge on any atom is 0.138 e. The van der Waals surface area contributed by atoms with Crippen molar-refractivity contribution in [1.82, 2.24) is 9.97 Å². The monoisotopic (exact) mass is 219 g/mol. The van der Waals surface area contributed by atoms with Crippen LogP contribution in [0.4, 0.5) is 0 Å². The molecule has 0 aliphatic carbocycles. The topological polar surface area (TPSA) is 52.5 Å². The summed E-state index contributed by atoms with van der Waals surface area (Å²) in [5.41, 5.74) is 3.27. The Hall–Kier alpha value is -2.60. The number of pyridine rings is 1. The third kappa shape index (κ3) is 1.66. The molecule has 0 atom stereocenters. The lowest BCUT2D eigenvalue weighted by Gasteiger charge is -1.99. The van der Waals surface area contributed by atoms with Gasteiger partial charge in [0.05, 0.1) is 5.69 Å². The summed E-state index contributed by atoms with van der Waals surface area (Å²) in [7, 11) is 0. The summed E-state index contributed by atoms with van der Waals surface area (Å²) in [6.45, 7) is 0. The Labute approximate surface area is 98.4 Å². The van der Waals surface area contributed by atoms with Gasteiger partial charge in [-0.25, -0.2) is 4.98 Å². The van der Waals surface area contributed by atoms with Crippen molar-refractivity contribution in [3.8, 4) is 17.3 Å². The molecule has 2 heterocycles. The van der Waals surface area contributed by atoms with Gasteiger partial charge in [0, 0.05) is 10.9 Å². The molecule has 0 radical (unpaired) electrons. The molecular weight excluding hydrogens is 210 g/mol. The van der Waals surface area contributed by atoms with Gasteiger partial charge in [-0.2, -0.15) is 5.26 Å². The second-order valence-electron chi connectivity index (χ2n) is 3.80. The van der Waals surface area contributed by atoms with Gasteiger partial charge >= 0.3 is 0 Å². The number of fused-ring (bicyclic) bond motifs is 1. The summed E-state index contributed by atoms with van der Waals surface area (Å²) in [5, 5.41) is 9.78. The summed E-state index contributed by atoms with van der Waals surface area (Å²) in [6, 6.07) is 17.8. The average molecular weight is 219 g/mol. The molecule has 3 aromatic rings. The number of hydrogen-bond donors (Lipinski definition) is 1. The predicted octanol–water partition coefficient (Wildman–Crippen LogP) is 3.10. The number of rotatable bonds is 1. The first-order chi connectivity index (χ1) is 8.36. The second kappa shape index (κ2) is 3.76. The van der Waals surface area contributed by atoms with Gasteiger partial charge in [-0.15, -0.1) is 0 Å². The fraction of sp³-hybridized carbons (Fsp3) is 0. The van der Waals surface area contributed by atoms with E-state index in [0.717, 1.165) is 22.3 Å². The number of nitrogens with zero attached hydrogens (tertiary/aromatic N) is 2. The highest BCUT2D eigenvalue weighted by atomic mass is 14.9. The molecule has 0 unspecified atom stereocenters. The van der Waals surface area contributed by atoms with Gasteiger partial charge in [0.25, 0.3) is 0 Å². The summed E-state index contributed by atoms with van der Waals surface area (Å²) < 4.78 is 0. The lowest BCUT2D eigenvalue weighted by Crippen LogP contribution is -1.83. The summed E-state index contributed by atoms with van der Waals surface area (Å²) in [6.07, 6.45) is 0. The van der Waals surface area contributed by atoms with Gasteiger partial charge in [-0.1, -0.05) is 30.3 Å². The van der Waals surface area contributed by atoms with Crippen molar-refractivity contribution in [2.24, 2.45) is 0 Å². The van der Waals surface area contributed by atoms with Crippen molar-refractivity contribution < 1.29 is 0 Å². The van der Waals surface area contributed by atoms with Gasteiger partial charge in [0.15, 0.2) is 0 Å². The average Bonchev–Trinajstić information content (AvgIpc) is 2.81. The SMILES string of the molecule is N#Cc1cc2ccc(-c3ccccc3)nc2[nH]1. The molecule has 2 aromatic heterocycles. The number of aromatic amines is 1. The summed E-state index contributed by atoms with van der Waals surface area (Å²) >= 11 is 0. The molecule has 0 spiro atoms. The highest BCUT2D eigenvalue weighted by Crippen LogP contribution is 2.20. The van der Waals surface area contributed by atoms with Gasteiger partial charge in [0.2, 0.25) is 0 Å². The highest BCUT2D eigenvalue weighted by Gasteiger charge is 2.03. The van der Waals surface area contributed by atoms with Gasteiger partial charge in [-0.3, -0.25) is 0 Å². The standard InChI is InChI=1S/C14H9N3/c15-9-12-8-11-6-7-13(17-14(11)16-12)10-4-2-1-3-5-10/h1-8H,(H,16,17). The van der Waals surface area contributed by atoms with E-state index in [1.54, 1.807) is 6.07 Å². The normalized spacial score (nSPS) is 10.3. The van der Waals surface area contributed by atoms with Crippen LogP contribution < -0.4 is 0 Å². The van der Waals surface area contributed by atoms with E-state index in [1.807, 2.05) is 42.5 Å². The molecule has 0 bridgehead atoms. The molecule has 1 N–H and O–H groups in total. The van der Waals surface area contributed by atoms with Gasteiger partial charge in [-0.05, 0) is 18.2 Å². The minimum absolute atomic E-state index is 0.540. The van der Waals surface area contributed by atoms with Crippen LogP contribution in [0.5, 0.6) is 0 Å². The van der Waals surface area contributed by atoms with E-state index in [4.69, 9.17) is 5.26 Å². The van der Waals surface area contributed by atoms with E-state index in [1.165, 1.54) is 0 Å². The largest absolute Gasteiger partial charge is 0.331 e. The van der Waals surface area contributed by atoms with E-state index < -0.39 is 0 Å². The van der Waals surface area contributed by atoms with Crippen LogP contribution >= 0.6 is 0 Å². The molecule has 3 rings (SSSR count). The molecule has 0 fully saturated rings. The van der Waals surface area contributed by atoms with Crippen molar-refractivity contribution in [2.75, 3.05) is 0 Å². The Bertz CT molecular complexity index is 705. The Morgan fingerprint density at radius 1 is 1.06 bits per heavy atom. The Kier molecular flexibility index (Phi) is 2.13. The number of nitrogens with one attached hydrogen (secondary N) is 1. The van der Waals surface area contributed by atoms with E-state index in [2.05, 4.69) is 16.0 Å². The van der Waals surface area contributed by atoms with Crippen molar-refractivity contribution in [3.63, 3.8) is 0 Å². The first kappa shape index (κ1) is 9.61. The lowest BCUT2D eigenvalue weighted by atomic mass is 10.1. The van der Waals surface area contributed by atoms with Crippen LogP contribution in [0.2, 0.25) is 0 Å². The molecule has 0 saturated carbocycles. The third-order valence-electron chi connectivity index (χ3n) is 2.67. The molecule has 3 nitrogen and oxygen atoms in total. The molecule has 0 aliphatic rings. The van der Waals surface area contributed by atoms with Crippen LogP contribution in [0, 0.1) is 11.3 Å². The fourth-order valence-electron chi connectivity index (χ4n) is 1.84. The van der Waals surface area contributed by atoms with Gasteiger partial charge in [0.1, 0.15) is 17.4 Å². The maximum atomic E-state index is 8.82. The number of aromatic nitrogens is 2. The molecule has 0 amide bonds. The third-order valence-corrected chi connectivity index (χ3v) is 2.67. The Morgan fingerprint density at radius 3 is 2.65 bits per heavy atom. The fourth-order valence-corrected chi connectivity index (χ4v) is 1.84. The summed E-state index contributed by atoms with van der Waals surface area (Å²) in [5.74, 6) is 0. The summed E-state index contributed by atoms with van der Waals surface area (Å²) in [4.78, 5) is 7.49. The molecule has 80 valence electrons. The second-order valence-corrected chi connectivity index (χ2v) is 3.80. The van der Waals surface area contributed by atoms with E-state index >= 15 is 0 Å². The number of H-pyrrole nitrogens is 1. The first-order valence-corrected chi connectivity index (χ1v) is 5.32.